The van der Waals surface area contributed by atoms with Crippen LogP contribution in [0.3, 0.4) is 0 Å². The van der Waals surface area contributed by atoms with Gasteiger partial charge >= 0.3 is 0 Å². The molecule has 4 heteroatoms. The van der Waals surface area contributed by atoms with E-state index in [1.807, 2.05) is 7.05 Å². The quantitative estimate of drug-likeness (QED) is 0.667. The van der Waals surface area contributed by atoms with Crippen LogP contribution in [0.1, 0.15) is 26.7 Å². The molecule has 2 N–H and O–H groups in total. The van der Waals surface area contributed by atoms with Gasteiger partial charge in [-0.25, -0.2) is 0 Å². The van der Waals surface area contributed by atoms with Crippen LogP contribution in [0, 0.1) is 0 Å². The van der Waals surface area contributed by atoms with Crippen LogP contribution in [0.25, 0.3) is 0 Å². The number of hydrogen-bond donors (Lipinski definition) is 2. The van der Waals surface area contributed by atoms with E-state index in [1.165, 1.54) is 6.42 Å². The molecule has 0 bridgehead atoms. The fourth-order valence-electron chi connectivity index (χ4n) is 2.01. The van der Waals surface area contributed by atoms with Crippen molar-refractivity contribution in [2.45, 2.75) is 44.9 Å². The molecule has 0 saturated carbocycles. The smallest absolute Gasteiger partial charge is 0.0791 e. The second kappa shape index (κ2) is 7.22. The predicted octanol–water partition coefficient (Wildman–Crippen LogP) is 0.456. The summed E-state index contributed by atoms with van der Waals surface area (Å²) in [6.45, 7) is 7.37. The second-order valence-corrected chi connectivity index (χ2v) is 5.07. The van der Waals surface area contributed by atoms with Crippen molar-refractivity contribution in [2.24, 2.45) is 0 Å². The van der Waals surface area contributed by atoms with Gasteiger partial charge in [0.05, 0.1) is 12.2 Å². The van der Waals surface area contributed by atoms with E-state index in [2.05, 4.69) is 24.1 Å². The van der Waals surface area contributed by atoms with Gasteiger partial charge in [-0.2, -0.15) is 0 Å². The number of aliphatic hydroxyl groups excluding tert-OH is 1. The van der Waals surface area contributed by atoms with E-state index in [9.17, 15) is 5.11 Å². The monoisotopic (exact) mass is 230 g/mol. The van der Waals surface area contributed by atoms with Crippen molar-refractivity contribution >= 4 is 0 Å². The Balaban J connectivity index is 2.09. The molecule has 0 aliphatic carbocycles. The van der Waals surface area contributed by atoms with Crippen LogP contribution in [0.5, 0.6) is 0 Å². The van der Waals surface area contributed by atoms with Crippen LogP contribution in [0.15, 0.2) is 0 Å². The highest BCUT2D eigenvalue weighted by Gasteiger charge is 2.18. The molecule has 2 unspecified atom stereocenters. The van der Waals surface area contributed by atoms with Crippen LogP contribution in [-0.2, 0) is 4.74 Å². The molecule has 0 radical (unpaired) electrons. The Morgan fingerprint density at radius 1 is 1.50 bits per heavy atom. The lowest BCUT2D eigenvalue weighted by Gasteiger charge is -2.23. The summed E-state index contributed by atoms with van der Waals surface area (Å²) < 4.78 is 5.56. The lowest BCUT2D eigenvalue weighted by molar-refractivity contribution is 0.0599. The number of ether oxygens (including phenoxy) is 1. The summed E-state index contributed by atoms with van der Waals surface area (Å²) in [5, 5.41) is 13.0. The molecular weight excluding hydrogens is 204 g/mol. The summed E-state index contributed by atoms with van der Waals surface area (Å²) in [7, 11) is 2.04. The minimum atomic E-state index is -0.297. The summed E-state index contributed by atoms with van der Waals surface area (Å²) >= 11 is 0. The molecule has 96 valence electrons. The molecule has 2 atom stereocenters. The van der Waals surface area contributed by atoms with Crippen LogP contribution in [0.2, 0.25) is 0 Å². The maximum atomic E-state index is 9.80. The van der Waals surface area contributed by atoms with E-state index in [1.54, 1.807) is 0 Å². The Labute approximate surface area is 99.0 Å². The fourth-order valence-corrected chi connectivity index (χ4v) is 2.01. The largest absolute Gasteiger partial charge is 0.390 e. The maximum absolute atomic E-state index is 9.80. The van der Waals surface area contributed by atoms with Gasteiger partial charge in [-0.15, -0.1) is 0 Å². The van der Waals surface area contributed by atoms with Gasteiger partial charge in [0.25, 0.3) is 0 Å². The molecule has 1 aliphatic heterocycles. The van der Waals surface area contributed by atoms with Crippen LogP contribution in [0.4, 0.5) is 0 Å². The highest BCUT2D eigenvalue weighted by molar-refractivity contribution is 4.71. The molecule has 0 amide bonds. The summed E-state index contributed by atoms with van der Waals surface area (Å²) in [6, 6.07) is 0.429. The third-order valence-corrected chi connectivity index (χ3v) is 2.82. The summed E-state index contributed by atoms with van der Waals surface area (Å²) in [5.74, 6) is 0. The van der Waals surface area contributed by atoms with Crippen LogP contribution in [-0.4, -0.2) is 61.5 Å². The van der Waals surface area contributed by atoms with Crippen molar-refractivity contribution in [1.29, 1.82) is 0 Å². The van der Waals surface area contributed by atoms with Crippen molar-refractivity contribution in [2.75, 3.05) is 33.3 Å². The minimum absolute atomic E-state index is 0.297. The first-order valence-electron chi connectivity index (χ1n) is 6.29. The molecule has 0 spiro atoms. The SMILES string of the molecule is CC(C)NCC(O)CN(C)CC1CCCO1. The van der Waals surface area contributed by atoms with Crippen molar-refractivity contribution in [1.82, 2.24) is 10.2 Å². The average molecular weight is 230 g/mol. The Morgan fingerprint density at radius 2 is 2.25 bits per heavy atom. The molecule has 1 aliphatic rings. The molecule has 1 rings (SSSR count). The van der Waals surface area contributed by atoms with Crippen molar-refractivity contribution in [3.63, 3.8) is 0 Å². The second-order valence-electron chi connectivity index (χ2n) is 5.07. The lowest BCUT2D eigenvalue weighted by Crippen LogP contribution is -2.41. The van der Waals surface area contributed by atoms with E-state index < -0.39 is 0 Å². The van der Waals surface area contributed by atoms with Gasteiger partial charge in [0.15, 0.2) is 0 Å². The van der Waals surface area contributed by atoms with E-state index in [0.717, 1.165) is 19.6 Å². The minimum Gasteiger partial charge on any atom is -0.390 e. The Bertz CT molecular complexity index is 182. The van der Waals surface area contributed by atoms with Crippen LogP contribution < -0.4 is 5.32 Å². The molecule has 0 aromatic rings. The van der Waals surface area contributed by atoms with E-state index in [-0.39, 0.29) is 6.10 Å². The predicted molar refractivity (Wildman–Crippen MR) is 65.6 cm³/mol. The molecule has 16 heavy (non-hydrogen) atoms. The number of rotatable bonds is 7. The van der Waals surface area contributed by atoms with E-state index >= 15 is 0 Å². The first kappa shape index (κ1) is 13.9. The summed E-state index contributed by atoms with van der Waals surface area (Å²) in [5.41, 5.74) is 0. The average Bonchev–Trinajstić information content (AvgIpc) is 2.67. The van der Waals surface area contributed by atoms with Crippen molar-refractivity contribution in [3.8, 4) is 0 Å². The first-order valence-corrected chi connectivity index (χ1v) is 6.29. The van der Waals surface area contributed by atoms with Gasteiger partial charge in [0.1, 0.15) is 0 Å². The van der Waals surface area contributed by atoms with Crippen molar-refractivity contribution < 1.29 is 9.84 Å². The van der Waals surface area contributed by atoms with Gasteiger partial charge in [-0.1, -0.05) is 13.8 Å². The van der Waals surface area contributed by atoms with Gasteiger partial charge in [-0.05, 0) is 19.9 Å². The number of nitrogens with zero attached hydrogens (tertiary/aromatic N) is 1. The maximum Gasteiger partial charge on any atom is 0.0791 e. The number of nitrogens with one attached hydrogen (secondary N) is 1. The Hall–Kier alpha value is -0.160. The third kappa shape index (κ3) is 5.80. The summed E-state index contributed by atoms with van der Waals surface area (Å²) in [6.07, 6.45) is 2.41. The molecule has 4 nitrogen and oxygen atoms in total. The normalized spacial score (nSPS) is 23.2. The molecule has 1 saturated heterocycles. The van der Waals surface area contributed by atoms with Gasteiger partial charge in [-0.3, -0.25) is 0 Å². The molecule has 0 aromatic carbocycles. The number of hydrogen-bond acceptors (Lipinski definition) is 4. The summed E-state index contributed by atoms with van der Waals surface area (Å²) in [4.78, 5) is 2.16. The zero-order valence-electron chi connectivity index (χ0n) is 10.8. The van der Waals surface area contributed by atoms with Crippen molar-refractivity contribution in [3.05, 3.63) is 0 Å². The standard InChI is InChI=1S/C12H26N2O2/c1-10(2)13-7-11(15)8-14(3)9-12-5-4-6-16-12/h10-13,15H,4-9H2,1-3H3. The molecule has 0 aromatic heterocycles. The zero-order valence-corrected chi connectivity index (χ0v) is 10.8. The Morgan fingerprint density at radius 3 is 2.81 bits per heavy atom. The topological polar surface area (TPSA) is 44.7 Å². The Kier molecular flexibility index (Phi) is 6.28. The number of likely N-dealkylation sites (N-methyl/N-ethyl adjacent to an activating group) is 1. The van der Waals surface area contributed by atoms with Gasteiger partial charge in [0.2, 0.25) is 0 Å². The van der Waals surface area contributed by atoms with Gasteiger partial charge in [0, 0.05) is 32.3 Å². The zero-order chi connectivity index (χ0) is 12.0. The number of aliphatic hydroxyl groups is 1. The fraction of sp³-hybridized carbons (Fsp3) is 1.00. The lowest BCUT2D eigenvalue weighted by atomic mass is 10.2. The van der Waals surface area contributed by atoms with Gasteiger partial charge < -0.3 is 20.1 Å². The van der Waals surface area contributed by atoms with E-state index in [0.29, 0.717) is 25.2 Å². The molecular formula is C12H26N2O2. The first-order chi connectivity index (χ1) is 7.58. The third-order valence-electron chi connectivity index (χ3n) is 2.82. The highest BCUT2D eigenvalue weighted by Crippen LogP contribution is 2.12. The van der Waals surface area contributed by atoms with Crippen LogP contribution >= 0.6 is 0 Å². The molecule has 1 fully saturated rings. The molecule has 1 heterocycles. The van der Waals surface area contributed by atoms with E-state index in [4.69, 9.17) is 4.74 Å². The highest BCUT2D eigenvalue weighted by atomic mass is 16.5.